The normalized spacial score (nSPS) is 15.8. The van der Waals surface area contributed by atoms with Crippen LogP contribution in [0.25, 0.3) is 0 Å². The van der Waals surface area contributed by atoms with E-state index in [1.165, 1.54) is 0 Å². The van der Waals surface area contributed by atoms with E-state index in [1.807, 2.05) is 6.07 Å². The van der Waals surface area contributed by atoms with Gasteiger partial charge in [-0.25, -0.2) is 0 Å². The molecule has 106 valence electrons. The number of rotatable bonds is 7. The zero-order valence-corrected chi connectivity index (χ0v) is 11.7. The maximum Gasteiger partial charge on any atom is 0.164 e. The lowest BCUT2D eigenvalue weighted by Gasteiger charge is -2.18. The van der Waals surface area contributed by atoms with Crippen molar-refractivity contribution in [1.29, 1.82) is 0 Å². The number of ether oxygens (including phenoxy) is 3. The van der Waals surface area contributed by atoms with Gasteiger partial charge in [-0.15, -0.1) is 0 Å². The number of methoxy groups -OCH3 is 3. The molecule has 1 aliphatic carbocycles. The molecule has 0 spiro atoms. The molecule has 1 aliphatic rings. The van der Waals surface area contributed by atoms with E-state index in [0.717, 1.165) is 25.1 Å². The highest BCUT2D eigenvalue weighted by atomic mass is 16.5. The third kappa shape index (κ3) is 2.87. The first kappa shape index (κ1) is 13.8. The Balaban J connectivity index is 2.18. The Kier molecular flexibility index (Phi) is 4.04. The number of benzene rings is 1. The van der Waals surface area contributed by atoms with Crippen LogP contribution >= 0.6 is 0 Å². The first-order valence-electron chi connectivity index (χ1n) is 6.33. The van der Waals surface area contributed by atoms with Gasteiger partial charge in [0.1, 0.15) is 5.75 Å². The molecule has 5 nitrogen and oxygen atoms in total. The van der Waals surface area contributed by atoms with Crippen LogP contribution in [0.15, 0.2) is 12.1 Å². The van der Waals surface area contributed by atoms with Crippen molar-refractivity contribution in [2.75, 3.05) is 39.8 Å². The first-order chi connectivity index (χ1) is 9.18. The van der Waals surface area contributed by atoms with Crippen molar-refractivity contribution in [2.45, 2.75) is 12.8 Å². The number of hydrogen-bond acceptors (Lipinski definition) is 5. The SMILES string of the molecule is COc1cc(OC)c(OC)cc1NCC1(CO)CC1. The van der Waals surface area contributed by atoms with Crippen LogP contribution in [-0.4, -0.2) is 39.6 Å². The van der Waals surface area contributed by atoms with Crippen molar-refractivity contribution < 1.29 is 19.3 Å². The Hall–Kier alpha value is -1.62. The largest absolute Gasteiger partial charge is 0.494 e. The van der Waals surface area contributed by atoms with Gasteiger partial charge in [-0.1, -0.05) is 0 Å². The van der Waals surface area contributed by atoms with Gasteiger partial charge in [0.2, 0.25) is 0 Å². The van der Waals surface area contributed by atoms with Gasteiger partial charge in [0, 0.05) is 24.1 Å². The Labute approximate surface area is 113 Å². The predicted molar refractivity (Wildman–Crippen MR) is 73.3 cm³/mol. The van der Waals surface area contributed by atoms with E-state index in [9.17, 15) is 5.11 Å². The molecule has 0 atom stereocenters. The van der Waals surface area contributed by atoms with E-state index in [-0.39, 0.29) is 12.0 Å². The lowest BCUT2D eigenvalue weighted by molar-refractivity contribution is 0.219. The fourth-order valence-electron chi connectivity index (χ4n) is 2.02. The molecule has 1 aromatic rings. The van der Waals surface area contributed by atoms with E-state index in [0.29, 0.717) is 17.2 Å². The number of aliphatic hydroxyl groups excluding tert-OH is 1. The summed E-state index contributed by atoms with van der Waals surface area (Å²) >= 11 is 0. The average Bonchev–Trinajstić information content (AvgIpc) is 3.24. The monoisotopic (exact) mass is 267 g/mol. The quantitative estimate of drug-likeness (QED) is 0.790. The summed E-state index contributed by atoms with van der Waals surface area (Å²) in [5.74, 6) is 1.99. The van der Waals surface area contributed by atoms with Gasteiger partial charge in [-0.3, -0.25) is 0 Å². The first-order valence-corrected chi connectivity index (χ1v) is 6.33. The van der Waals surface area contributed by atoms with Crippen molar-refractivity contribution in [3.05, 3.63) is 12.1 Å². The van der Waals surface area contributed by atoms with Crippen LogP contribution in [0.3, 0.4) is 0 Å². The molecule has 2 N–H and O–H groups in total. The molecule has 0 amide bonds. The summed E-state index contributed by atoms with van der Waals surface area (Å²) in [6, 6.07) is 3.64. The minimum atomic E-state index is 0.0399. The summed E-state index contributed by atoms with van der Waals surface area (Å²) in [5.41, 5.74) is 0.887. The highest BCUT2D eigenvalue weighted by Crippen LogP contribution is 2.46. The summed E-state index contributed by atoms with van der Waals surface area (Å²) in [7, 11) is 4.81. The predicted octanol–water partition coefficient (Wildman–Crippen LogP) is 1.90. The van der Waals surface area contributed by atoms with Gasteiger partial charge in [-0.2, -0.15) is 0 Å². The standard InChI is InChI=1S/C14H21NO4/c1-17-11-7-13(19-3)12(18-2)6-10(11)15-8-14(9-16)4-5-14/h6-7,15-16H,4-5,8-9H2,1-3H3. The second kappa shape index (κ2) is 5.57. The molecule has 19 heavy (non-hydrogen) atoms. The van der Waals surface area contributed by atoms with E-state index in [1.54, 1.807) is 27.4 Å². The van der Waals surface area contributed by atoms with Crippen LogP contribution in [-0.2, 0) is 0 Å². The summed E-state index contributed by atoms with van der Waals surface area (Å²) < 4.78 is 15.9. The van der Waals surface area contributed by atoms with E-state index >= 15 is 0 Å². The van der Waals surface area contributed by atoms with Crippen molar-refractivity contribution in [2.24, 2.45) is 5.41 Å². The zero-order chi connectivity index (χ0) is 13.9. The number of anilines is 1. The topological polar surface area (TPSA) is 60.0 Å². The third-order valence-corrected chi connectivity index (χ3v) is 3.65. The molecule has 5 heteroatoms. The minimum absolute atomic E-state index is 0.0399. The van der Waals surface area contributed by atoms with Gasteiger partial charge < -0.3 is 24.6 Å². The highest BCUT2D eigenvalue weighted by molar-refractivity contribution is 5.64. The lowest BCUT2D eigenvalue weighted by atomic mass is 10.1. The van der Waals surface area contributed by atoms with Crippen LogP contribution in [0.4, 0.5) is 5.69 Å². The molecule has 2 rings (SSSR count). The van der Waals surface area contributed by atoms with Crippen molar-refractivity contribution in [3.63, 3.8) is 0 Å². The zero-order valence-electron chi connectivity index (χ0n) is 11.7. The molecule has 1 fully saturated rings. The fourth-order valence-corrected chi connectivity index (χ4v) is 2.02. The molecular formula is C14H21NO4. The van der Waals surface area contributed by atoms with E-state index in [2.05, 4.69) is 5.32 Å². The average molecular weight is 267 g/mol. The molecule has 0 bridgehead atoms. The van der Waals surface area contributed by atoms with E-state index < -0.39 is 0 Å². The van der Waals surface area contributed by atoms with Gasteiger partial charge in [-0.05, 0) is 12.8 Å². The van der Waals surface area contributed by atoms with Crippen LogP contribution in [0, 0.1) is 5.41 Å². The molecule has 1 saturated carbocycles. The van der Waals surface area contributed by atoms with Crippen LogP contribution in [0.5, 0.6) is 17.2 Å². The highest BCUT2D eigenvalue weighted by Gasteiger charge is 2.41. The molecule has 0 aliphatic heterocycles. The Morgan fingerprint density at radius 1 is 1.05 bits per heavy atom. The summed E-state index contributed by atoms with van der Waals surface area (Å²) in [5, 5.41) is 12.7. The van der Waals surface area contributed by atoms with Gasteiger partial charge in [0.25, 0.3) is 0 Å². The van der Waals surface area contributed by atoms with Gasteiger partial charge in [0.15, 0.2) is 11.5 Å². The van der Waals surface area contributed by atoms with Crippen LogP contribution in [0.1, 0.15) is 12.8 Å². The van der Waals surface area contributed by atoms with Crippen LogP contribution < -0.4 is 19.5 Å². The number of aliphatic hydroxyl groups is 1. The van der Waals surface area contributed by atoms with Gasteiger partial charge >= 0.3 is 0 Å². The smallest absolute Gasteiger partial charge is 0.164 e. The van der Waals surface area contributed by atoms with Crippen molar-refractivity contribution >= 4 is 5.69 Å². The second-order valence-corrected chi connectivity index (χ2v) is 4.92. The molecular weight excluding hydrogens is 246 g/mol. The minimum Gasteiger partial charge on any atom is -0.494 e. The molecule has 1 aromatic carbocycles. The Bertz CT molecular complexity index is 443. The molecule has 0 unspecified atom stereocenters. The second-order valence-electron chi connectivity index (χ2n) is 4.92. The summed E-state index contributed by atoms with van der Waals surface area (Å²) in [4.78, 5) is 0. The molecule has 0 aromatic heterocycles. The number of hydrogen-bond donors (Lipinski definition) is 2. The Morgan fingerprint density at radius 2 is 1.63 bits per heavy atom. The molecule has 0 radical (unpaired) electrons. The van der Waals surface area contributed by atoms with Crippen LogP contribution in [0.2, 0.25) is 0 Å². The summed E-state index contributed by atoms with van der Waals surface area (Å²) in [6.45, 7) is 0.949. The fraction of sp³-hybridized carbons (Fsp3) is 0.571. The van der Waals surface area contributed by atoms with E-state index in [4.69, 9.17) is 14.2 Å². The third-order valence-electron chi connectivity index (χ3n) is 3.65. The summed E-state index contributed by atoms with van der Waals surface area (Å²) in [6.07, 6.45) is 2.12. The Morgan fingerprint density at radius 3 is 2.11 bits per heavy atom. The molecule has 0 heterocycles. The maximum atomic E-state index is 9.33. The molecule has 0 saturated heterocycles. The van der Waals surface area contributed by atoms with Crippen molar-refractivity contribution in [1.82, 2.24) is 0 Å². The lowest BCUT2D eigenvalue weighted by Crippen LogP contribution is -2.19. The number of nitrogens with one attached hydrogen (secondary N) is 1. The van der Waals surface area contributed by atoms with Crippen molar-refractivity contribution in [3.8, 4) is 17.2 Å². The van der Waals surface area contributed by atoms with Gasteiger partial charge in [0.05, 0.1) is 33.6 Å². The maximum absolute atomic E-state index is 9.33.